The number of hydrazone groups is 1. The van der Waals surface area contributed by atoms with E-state index in [9.17, 15) is 9.59 Å². The van der Waals surface area contributed by atoms with Gasteiger partial charge in [-0.15, -0.1) is 0 Å². The lowest BCUT2D eigenvalue weighted by molar-refractivity contribution is -0.123. The van der Waals surface area contributed by atoms with Gasteiger partial charge in [0.1, 0.15) is 11.8 Å². The van der Waals surface area contributed by atoms with Crippen LogP contribution in [-0.4, -0.2) is 30.7 Å². The number of rotatable bonds is 8. The molecule has 0 saturated carbocycles. The van der Waals surface area contributed by atoms with Crippen LogP contribution in [0.3, 0.4) is 0 Å². The molecule has 6 nitrogen and oxygen atoms in total. The molecule has 0 aliphatic rings. The third-order valence-corrected chi connectivity index (χ3v) is 4.74. The first-order valence-electron chi connectivity index (χ1n) is 9.13. The number of ether oxygens (including phenoxy) is 1. The van der Waals surface area contributed by atoms with Crippen LogP contribution in [0.25, 0.3) is 0 Å². The molecule has 0 spiro atoms. The minimum atomic E-state index is -0.746. The minimum Gasteiger partial charge on any atom is -0.493 e. The van der Waals surface area contributed by atoms with Gasteiger partial charge in [-0.05, 0) is 55.3 Å². The molecule has 0 radical (unpaired) electrons. The number of hydrogen-bond acceptors (Lipinski definition) is 4. The highest BCUT2D eigenvalue weighted by Crippen LogP contribution is 2.21. The van der Waals surface area contributed by atoms with Gasteiger partial charge < -0.3 is 10.1 Å². The predicted molar refractivity (Wildman–Crippen MR) is 119 cm³/mol. The summed E-state index contributed by atoms with van der Waals surface area (Å²) >= 11 is 9.25. The summed E-state index contributed by atoms with van der Waals surface area (Å²) in [6, 6.07) is 11.2. The molecule has 2 aromatic carbocycles. The Morgan fingerprint density at radius 3 is 2.52 bits per heavy atom. The third kappa shape index (κ3) is 6.87. The van der Waals surface area contributed by atoms with Gasteiger partial charge in [0.15, 0.2) is 0 Å². The summed E-state index contributed by atoms with van der Waals surface area (Å²) < 4.78 is 6.42. The van der Waals surface area contributed by atoms with Crippen molar-refractivity contribution in [3.8, 4) is 5.75 Å². The normalized spacial score (nSPS) is 12.1. The van der Waals surface area contributed by atoms with Gasteiger partial charge in [-0.25, -0.2) is 5.43 Å². The van der Waals surface area contributed by atoms with E-state index in [-0.39, 0.29) is 11.8 Å². The molecular formula is C21H23BrClN3O3. The summed E-state index contributed by atoms with van der Waals surface area (Å²) in [4.78, 5) is 25.0. The number of halogens is 2. The summed E-state index contributed by atoms with van der Waals surface area (Å²) in [5.41, 5.74) is 3.63. The molecule has 0 heterocycles. The number of nitrogens with one attached hydrogen (secondary N) is 2. The van der Waals surface area contributed by atoms with Crippen LogP contribution in [0.2, 0.25) is 5.02 Å². The summed E-state index contributed by atoms with van der Waals surface area (Å²) in [5, 5.41) is 7.30. The summed E-state index contributed by atoms with van der Waals surface area (Å²) in [6.45, 7) is 6.09. The second kappa shape index (κ2) is 11.0. The average Bonchev–Trinajstić information content (AvgIpc) is 2.68. The molecule has 2 N–H and O–H groups in total. The zero-order valence-corrected chi connectivity index (χ0v) is 18.8. The molecule has 29 heavy (non-hydrogen) atoms. The van der Waals surface area contributed by atoms with Crippen LogP contribution in [0.5, 0.6) is 5.75 Å². The SMILES string of the molecule is CCOc1ccc(Br)cc1C=NNC(=O)C(NC(=O)c1ccc(Cl)cc1)C(C)C. The summed E-state index contributed by atoms with van der Waals surface area (Å²) in [5.74, 6) is -0.243. The standard InChI is InChI=1S/C21H23BrClN3O3/c1-4-29-18-10-7-16(22)11-15(18)12-24-26-21(28)19(13(2)3)25-20(27)14-5-8-17(23)9-6-14/h5-13,19H,4H2,1-3H3,(H,25,27)(H,26,28). The van der Waals surface area contributed by atoms with Crippen molar-refractivity contribution in [2.45, 2.75) is 26.8 Å². The first kappa shape index (κ1) is 22.9. The Labute approximate surface area is 183 Å². The van der Waals surface area contributed by atoms with Gasteiger partial charge in [-0.1, -0.05) is 41.4 Å². The van der Waals surface area contributed by atoms with Gasteiger partial charge in [0.25, 0.3) is 11.8 Å². The van der Waals surface area contributed by atoms with E-state index >= 15 is 0 Å². The maximum Gasteiger partial charge on any atom is 0.262 e. The van der Waals surface area contributed by atoms with Crippen molar-refractivity contribution in [3.05, 3.63) is 63.1 Å². The number of nitrogens with zero attached hydrogens (tertiary/aromatic N) is 1. The van der Waals surface area contributed by atoms with Crippen LogP contribution in [0.4, 0.5) is 0 Å². The fourth-order valence-corrected chi connectivity index (χ4v) is 3.01. The lowest BCUT2D eigenvalue weighted by Gasteiger charge is -2.20. The van der Waals surface area contributed by atoms with Crippen molar-refractivity contribution >= 4 is 45.6 Å². The van der Waals surface area contributed by atoms with Gasteiger partial charge in [-0.3, -0.25) is 9.59 Å². The Bertz CT molecular complexity index is 885. The average molecular weight is 481 g/mol. The Balaban J connectivity index is 2.06. The zero-order chi connectivity index (χ0) is 21.4. The highest BCUT2D eigenvalue weighted by molar-refractivity contribution is 9.10. The number of carbonyl (C=O) groups is 2. The molecule has 154 valence electrons. The first-order valence-corrected chi connectivity index (χ1v) is 10.3. The maximum atomic E-state index is 12.6. The molecule has 8 heteroatoms. The number of amides is 2. The summed E-state index contributed by atoms with van der Waals surface area (Å²) in [7, 11) is 0. The molecule has 1 atom stereocenters. The van der Waals surface area contributed by atoms with Crippen molar-refractivity contribution in [3.63, 3.8) is 0 Å². The van der Waals surface area contributed by atoms with Crippen LogP contribution in [0, 0.1) is 5.92 Å². The largest absolute Gasteiger partial charge is 0.493 e. The number of benzene rings is 2. The van der Waals surface area contributed by atoms with E-state index < -0.39 is 11.9 Å². The second-order valence-electron chi connectivity index (χ2n) is 6.55. The molecule has 0 aliphatic carbocycles. The quantitative estimate of drug-likeness (QED) is 0.434. The summed E-state index contributed by atoms with van der Waals surface area (Å²) in [6.07, 6.45) is 1.51. The van der Waals surface area contributed by atoms with Crippen LogP contribution in [0.15, 0.2) is 52.0 Å². The van der Waals surface area contributed by atoms with Gasteiger partial charge in [0.05, 0.1) is 12.8 Å². The highest BCUT2D eigenvalue weighted by atomic mass is 79.9. The molecule has 0 bridgehead atoms. The fourth-order valence-electron chi connectivity index (χ4n) is 2.50. The van der Waals surface area contributed by atoms with E-state index in [1.165, 1.54) is 6.21 Å². The molecule has 0 aliphatic heterocycles. The van der Waals surface area contributed by atoms with Crippen molar-refractivity contribution in [2.75, 3.05) is 6.61 Å². The van der Waals surface area contributed by atoms with Crippen molar-refractivity contribution < 1.29 is 14.3 Å². The van der Waals surface area contributed by atoms with E-state index in [0.717, 1.165) is 4.47 Å². The number of carbonyl (C=O) groups excluding carboxylic acids is 2. The van der Waals surface area contributed by atoms with Crippen LogP contribution in [-0.2, 0) is 4.79 Å². The lowest BCUT2D eigenvalue weighted by Crippen LogP contribution is -2.48. The molecule has 1 unspecified atom stereocenters. The molecule has 2 aromatic rings. The van der Waals surface area contributed by atoms with Gasteiger partial charge in [0, 0.05) is 20.6 Å². The third-order valence-electron chi connectivity index (χ3n) is 3.99. The maximum absolute atomic E-state index is 12.6. The monoisotopic (exact) mass is 479 g/mol. The van der Waals surface area contributed by atoms with Crippen molar-refractivity contribution in [1.29, 1.82) is 0 Å². The van der Waals surface area contributed by atoms with Gasteiger partial charge >= 0.3 is 0 Å². The van der Waals surface area contributed by atoms with Crippen LogP contribution < -0.4 is 15.5 Å². The smallest absolute Gasteiger partial charge is 0.262 e. The van der Waals surface area contributed by atoms with E-state index in [4.69, 9.17) is 16.3 Å². The Hall–Kier alpha value is -2.38. The van der Waals surface area contributed by atoms with Gasteiger partial charge in [-0.2, -0.15) is 5.10 Å². The second-order valence-corrected chi connectivity index (χ2v) is 7.90. The zero-order valence-electron chi connectivity index (χ0n) is 16.4. The number of hydrogen-bond donors (Lipinski definition) is 2. The molecule has 0 saturated heterocycles. The molecule has 0 aromatic heterocycles. The predicted octanol–water partition coefficient (Wildman–Crippen LogP) is 4.41. The topological polar surface area (TPSA) is 79.8 Å². The van der Waals surface area contributed by atoms with Crippen LogP contribution >= 0.6 is 27.5 Å². The lowest BCUT2D eigenvalue weighted by atomic mass is 10.0. The Kier molecular flexibility index (Phi) is 8.67. The molecule has 2 amide bonds. The Morgan fingerprint density at radius 1 is 1.21 bits per heavy atom. The fraction of sp³-hybridized carbons (Fsp3) is 0.286. The highest BCUT2D eigenvalue weighted by Gasteiger charge is 2.24. The molecule has 2 rings (SSSR count). The first-order chi connectivity index (χ1) is 13.8. The van der Waals surface area contributed by atoms with E-state index in [0.29, 0.717) is 28.5 Å². The molecular weight excluding hydrogens is 458 g/mol. The van der Waals surface area contributed by atoms with Crippen LogP contribution in [0.1, 0.15) is 36.7 Å². The minimum absolute atomic E-state index is 0.133. The van der Waals surface area contributed by atoms with E-state index in [2.05, 4.69) is 31.8 Å². The molecule has 0 fully saturated rings. The Morgan fingerprint density at radius 2 is 1.90 bits per heavy atom. The van der Waals surface area contributed by atoms with Crippen molar-refractivity contribution in [2.24, 2.45) is 11.0 Å². The van der Waals surface area contributed by atoms with E-state index in [1.54, 1.807) is 24.3 Å². The van der Waals surface area contributed by atoms with Gasteiger partial charge in [0.2, 0.25) is 0 Å². The van der Waals surface area contributed by atoms with Crippen molar-refractivity contribution in [1.82, 2.24) is 10.7 Å². The van der Waals surface area contributed by atoms with E-state index in [1.807, 2.05) is 39.0 Å².